The lowest BCUT2D eigenvalue weighted by atomic mass is 9.73. The number of urea groups is 1. The summed E-state index contributed by atoms with van der Waals surface area (Å²) in [5.41, 5.74) is 0.00528. The van der Waals surface area contributed by atoms with Gasteiger partial charge in [-0.2, -0.15) is 0 Å². The number of nitrogens with one attached hydrogen (secondary N) is 1. The Kier molecular flexibility index (Phi) is 4.02. The van der Waals surface area contributed by atoms with Crippen molar-refractivity contribution in [3.05, 3.63) is 22.7 Å². The highest BCUT2D eigenvalue weighted by Crippen LogP contribution is 2.41. The van der Waals surface area contributed by atoms with Crippen LogP contribution in [0, 0.1) is 5.92 Å². The van der Waals surface area contributed by atoms with Gasteiger partial charge in [-0.15, -0.1) is 0 Å². The Morgan fingerprint density at radius 3 is 2.88 bits per heavy atom. The van der Waals surface area contributed by atoms with Crippen LogP contribution in [0.5, 0.6) is 11.5 Å². The maximum absolute atomic E-state index is 13.0. The van der Waals surface area contributed by atoms with Crippen LogP contribution in [-0.2, 0) is 11.3 Å². The van der Waals surface area contributed by atoms with Gasteiger partial charge in [0.2, 0.25) is 0 Å². The molecule has 1 saturated heterocycles. The first-order valence-electron chi connectivity index (χ1n) is 8.73. The van der Waals surface area contributed by atoms with Crippen molar-refractivity contribution in [1.29, 1.82) is 0 Å². The molecule has 1 spiro atoms. The van der Waals surface area contributed by atoms with Crippen LogP contribution in [0.3, 0.4) is 0 Å². The lowest BCUT2D eigenvalue weighted by Crippen LogP contribution is -2.53. The Hall–Kier alpha value is -1.95. The summed E-state index contributed by atoms with van der Waals surface area (Å²) in [6.07, 6.45) is 3.72. The SMILES string of the molecule is CC1CCCCC12NC(=O)N(Cc1cc(Cl)c3c(c1)OCCO3)C2=O. The van der Waals surface area contributed by atoms with Crippen LogP contribution in [0.2, 0.25) is 5.02 Å². The summed E-state index contributed by atoms with van der Waals surface area (Å²) in [5.74, 6) is 1.09. The van der Waals surface area contributed by atoms with Gasteiger partial charge in [0.05, 0.1) is 11.6 Å². The fourth-order valence-corrected chi connectivity index (χ4v) is 4.36. The van der Waals surface area contributed by atoms with Crippen LogP contribution < -0.4 is 14.8 Å². The number of carbonyl (C=O) groups is 2. The van der Waals surface area contributed by atoms with Crippen molar-refractivity contribution in [3.8, 4) is 11.5 Å². The average Bonchev–Trinajstić information content (AvgIpc) is 2.83. The van der Waals surface area contributed by atoms with E-state index in [0.717, 1.165) is 24.8 Å². The van der Waals surface area contributed by atoms with Gasteiger partial charge in [-0.1, -0.05) is 31.4 Å². The summed E-state index contributed by atoms with van der Waals surface area (Å²) >= 11 is 6.26. The number of ether oxygens (including phenoxy) is 2. The second-order valence-corrected chi connectivity index (χ2v) is 7.45. The molecule has 0 aromatic heterocycles. The molecule has 3 amide bonds. The van der Waals surface area contributed by atoms with E-state index in [4.69, 9.17) is 21.1 Å². The van der Waals surface area contributed by atoms with Gasteiger partial charge >= 0.3 is 6.03 Å². The first-order chi connectivity index (χ1) is 12.0. The summed E-state index contributed by atoms with van der Waals surface area (Å²) in [5, 5.41) is 3.40. The van der Waals surface area contributed by atoms with Gasteiger partial charge in [0.25, 0.3) is 5.91 Å². The van der Waals surface area contributed by atoms with Crippen molar-refractivity contribution in [1.82, 2.24) is 10.2 Å². The molecular weight excluding hydrogens is 344 g/mol. The number of nitrogens with zero attached hydrogens (tertiary/aromatic N) is 1. The molecule has 7 heteroatoms. The number of hydrogen-bond donors (Lipinski definition) is 1. The van der Waals surface area contributed by atoms with Crippen LogP contribution in [0.25, 0.3) is 0 Å². The van der Waals surface area contributed by atoms with E-state index in [2.05, 4.69) is 5.32 Å². The predicted octanol–water partition coefficient (Wildman–Crippen LogP) is 3.11. The van der Waals surface area contributed by atoms with Gasteiger partial charge in [0.15, 0.2) is 11.5 Å². The molecule has 2 fully saturated rings. The van der Waals surface area contributed by atoms with Crippen LogP contribution >= 0.6 is 11.6 Å². The van der Waals surface area contributed by atoms with Crippen LogP contribution in [0.15, 0.2) is 12.1 Å². The molecule has 0 bridgehead atoms. The molecule has 1 saturated carbocycles. The normalized spacial score (nSPS) is 28.4. The van der Waals surface area contributed by atoms with Gasteiger partial charge in [0, 0.05) is 0 Å². The van der Waals surface area contributed by atoms with Crippen molar-refractivity contribution >= 4 is 23.5 Å². The maximum atomic E-state index is 13.0. The third kappa shape index (κ3) is 2.63. The molecule has 1 N–H and O–H groups in total. The largest absolute Gasteiger partial charge is 0.486 e. The molecule has 1 aliphatic carbocycles. The van der Waals surface area contributed by atoms with E-state index in [9.17, 15) is 9.59 Å². The first-order valence-corrected chi connectivity index (χ1v) is 9.11. The molecular formula is C18H21ClN2O4. The summed E-state index contributed by atoms with van der Waals surface area (Å²) < 4.78 is 11.1. The van der Waals surface area contributed by atoms with Crippen LogP contribution in [-0.4, -0.2) is 35.6 Å². The summed E-state index contributed by atoms with van der Waals surface area (Å²) in [7, 11) is 0. The van der Waals surface area contributed by atoms with Gasteiger partial charge < -0.3 is 14.8 Å². The van der Waals surface area contributed by atoms with Gasteiger partial charge in [0.1, 0.15) is 18.8 Å². The van der Waals surface area contributed by atoms with Crippen molar-refractivity contribution in [2.24, 2.45) is 5.92 Å². The molecule has 134 valence electrons. The van der Waals surface area contributed by atoms with Crippen molar-refractivity contribution in [3.63, 3.8) is 0 Å². The molecule has 4 rings (SSSR count). The zero-order valence-electron chi connectivity index (χ0n) is 14.1. The minimum Gasteiger partial charge on any atom is -0.486 e. The Morgan fingerprint density at radius 1 is 1.28 bits per heavy atom. The minimum absolute atomic E-state index is 0.129. The maximum Gasteiger partial charge on any atom is 0.325 e. The molecule has 2 aliphatic heterocycles. The van der Waals surface area contributed by atoms with Gasteiger partial charge in [-0.3, -0.25) is 9.69 Å². The number of rotatable bonds is 2. The highest BCUT2D eigenvalue weighted by molar-refractivity contribution is 6.32. The number of carbonyl (C=O) groups excluding carboxylic acids is 2. The molecule has 0 radical (unpaired) electrons. The first kappa shape index (κ1) is 16.5. The molecule has 2 heterocycles. The van der Waals surface area contributed by atoms with Gasteiger partial charge in [-0.05, 0) is 36.5 Å². The van der Waals surface area contributed by atoms with E-state index in [1.165, 1.54) is 4.90 Å². The molecule has 1 aromatic carbocycles. The third-order valence-corrected chi connectivity index (χ3v) is 5.78. The summed E-state index contributed by atoms with van der Waals surface area (Å²) in [6, 6.07) is 3.19. The zero-order valence-corrected chi connectivity index (χ0v) is 14.9. The minimum atomic E-state index is -0.743. The number of fused-ring (bicyclic) bond motifs is 1. The molecule has 3 aliphatic rings. The highest BCUT2D eigenvalue weighted by Gasteiger charge is 2.54. The van der Waals surface area contributed by atoms with E-state index in [1.54, 1.807) is 12.1 Å². The predicted molar refractivity (Wildman–Crippen MR) is 91.9 cm³/mol. The quantitative estimate of drug-likeness (QED) is 0.819. The zero-order chi connectivity index (χ0) is 17.6. The molecule has 2 atom stereocenters. The van der Waals surface area contributed by atoms with E-state index >= 15 is 0 Å². The highest BCUT2D eigenvalue weighted by atomic mass is 35.5. The van der Waals surface area contributed by atoms with Crippen molar-refractivity contribution in [2.75, 3.05) is 13.2 Å². The topological polar surface area (TPSA) is 67.9 Å². The molecule has 1 aromatic rings. The summed E-state index contributed by atoms with van der Waals surface area (Å²) in [6.45, 7) is 3.13. The van der Waals surface area contributed by atoms with Crippen molar-refractivity contribution < 1.29 is 19.1 Å². The monoisotopic (exact) mass is 364 g/mol. The third-order valence-electron chi connectivity index (χ3n) is 5.50. The fourth-order valence-electron chi connectivity index (χ4n) is 4.08. The Labute approximate surface area is 151 Å². The van der Waals surface area contributed by atoms with E-state index in [0.29, 0.717) is 36.2 Å². The molecule has 6 nitrogen and oxygen atoms in total. The second kappa shape index (κ2) is 6.09. The summed E-state index contributed by atoms with van der Waals surface area (Å²) in [4.78, 5) is 26.8. The molecule has 2 unspecified atom stereocenters. The van der Waals surface area contributed by atoms with Crippen molar-refractivity contribution in [2.45, 2.75) is 44.7 Å². The standard InChI is InChI=1S/C18H21ClN2O4/c1-11-4-2-3-5-18(11)16(22)21(17(23)20-18)10-12-8-13(19)15-14(9-12)24-6-7-25-15/h8-9,11H,2-7,10H2,1H3,(H,20,23). The van der Waals surface area contributed by atoms with E-state index in [-0.39, 0.29) is 24.4 Å². The number of benzene rings is 1. The number of amides is 3. The Balaban J connectivity index is 1.60. The van der Waals surface area contributed by atoms with Crippen LogP contribution in [0.4, 0.5) is 4.79 Å². The smallest absolute Gasteiger partial charge is 0.325 e. The number of halogens is 1. The lowest BCUT2D eigenvalue weighted by molar-refractivity contribution is -0.134. The fraction of sp³-hybridized carbons (Fsp3) is 0.556. The van der Waals surface area contributed by atoms with E-state index in [1.807, 2.05) is 6.92 Å². The molecule has 25 heavy (non-hydrogen) atoms. The number of imide groups is 1. The number of hydrogen-bond acceptors (Lipinski definition) is 4. The van der Waals surface area contributed by atoms with Crippen LogP contribution in [0.1, 0.15) is 38.2 Å². The lowest BCUT2D eigenvalue weighted by Gasteiger charge is -2.36. The Bertz CT molecular complexity index is 738. The second-order valence-electron chi connectivity index (χ2n) is 7.04. The van der Waals surface area contributed by atoms with Gasteiger partial charge in [-0.25, -0.2) is 4.79 Å². The van der Waals surface area contributed by atoms with E-state index < -0.39 is 5.54 Å². The average molecular weight is 365 g/mol. The Morgan fingerprint density at radius 2 is 2.08 bits per heavy atom.